The Hall–Kier alpha value is -8.06. The van der Waals surface area contributed by atoms with Crippen LogP contribution < -0.4 is 5.73 Å². The minimum absolute atomic E-state index is 0.0755. The van der Waals surface area contributed by atoms with Crippen molar-refractivity contribution < 1.29 is 34.1 Å². The van der Waals surface area contributed by atoms with Crippen molar-refractivity contribution in [2.45, 2.75) is 31.0 Å². The summed E-state index contributed by atoms with van der Waals surface area (Å²) >= 11 is 0. The Balaban J connectivity index is 0.000000192. The summed E-state index contributed by atoms with van der Waals surface area (Å²) in [7, 11) is 6.91. The summed E-state index contributed by atoms with van der Waals surface area (Å²) in [6.45, 7) is 2.86. The molecule has 0 aliphatic carbocycles. The van der Waals surface area contributed by atoms with Gasteiger partial charge in [0.05, 0.1) is 54.4 Å². The van der Waals surface area contributed by atoms with Crippen molar-refractivity contribution in [1.29, 1.82) is 0 Å². The molecule has 2 aromatic carbocycles. The van der Waals surface area contributed by atoms with E-state index >= 15 is 0 Å². The molecule has 2 atom stereocenters. The van der Waals surface area contributed by atoms with E-state index in [1.165, 1.54) is 15.9 Å². The van der Waals surface area contributed by atoms with Gasteiger partial charge in [0.2, 0.25) is 11.2 Å². The van der Waals surface area contributed by atoms with Gasteiger partial charge in [-0.2, -0.15) is 0 Å². The number of nitrogens with two attached hydrogens (primary N) is 1. The number of benzene rings is 2. The molecule has 0 saturated carbocycles. The van der Waals surface area contributed by atoms with Crippen LogP contribution in [-0.4, -0.2) is 128 Å². The van der Waals surface area contributed by atoms with Gasteiger partial charge in [0.25, 0.3) is 17.7 Å². The van der Waals surface area contributed by atoms with Crippen LogP contribution in [0.3, 0.4) is 0 Å². The minimum atomic E-state index is -1.68. The van der Waals surface area contributed by atoms with E-state index in [9.17, 15) is 29.4 Å². The van der Waals surface area contributed by atoms with Crippen LogP contribution in [0.5, 0.6) is 0 Å². The number of esters is 1. The monoisotopic (exact) mass is 861 g/mol. The van der Waals surface area contributed by atoms with Gasteiger partial charge in [0.1, 0.15) is 5.69 Å². The highest BCUT2D eigenvalue weighted by Gasteiger charge is 2.43. The number of ether oxygens (including phenoxy) is 1. The van der Waals surface area contributed by atoms with E-state index in [2.05, 4.69) is 53.6 Å². The second-order valence-electron chi connectivity index (χ2n) is 15.1. The van der Waals surface area contributed by atoms with E-state index in [0.717, 1.165) is 0 Å². The smallest absolute Gasteiger partial charge is 0.357 e. The lowest BCUT2D eigenvalue weighted by molar-refractivity contribution is -0.138. The van der Waals surface area contributed by atoms with E-state index < -0.39 is 34.9 Å². The Bertz CT molecular complexity index is 2940. The molecule has 2 aliphatic heterocycles. The number of nitrogens with zero attached hydrogens (tertiary/aromatic N) is 10. The highest BCUT2D eigenvalue weighted by Crippen LogP contribution is 2.26. The normalized spacial score (nSPS) is 17.8. The number of hydrogen-bond acceptors (Lipinski definition) is 13. The number of rotatable bonds is 7. The van der Waals surface area contributed by atoms with Gasteiger partial charge < -0.3 is 39.6 Å². The largest absolute Gasteiger partial charge is 0.461 e. The first-order valence-electron chi connectivity index (χ1n) is 20.0. The fraction of sp³-hybridized carbons (Fsp3) is 0.261. The maximum Gasteiger partial charge on any atom is 0.357 e. The van der Waals surface area contributed by atoms with Gasteiger partial charge in [0, 0.05) is 76.4 Å². The molecule has 6 aromatic rings. The molecule has 64 heavy (non-hydrogen) atoms. The topological polar surface area (TPSA) is 238 Å². The molecule has 0 bridgehead atoms. The van der Waals surface area contributed by atoms with Gasteiger partial charge >= 0.3 is 5.97 Å². The first-order valence-corrected chi connectivity index (χ1v) is 20.0. The predicted octanol–water partition coefficient (Wildman–Crippen LogP) is 2.25. The Morgan fingerprint density at radius 2 is 1.16 bits per heavy atom. The average Bonchev–Trinajstić information content (AvgIpc) is 4.06. The van der Waals surface area contributed by atoms with Crippen molar-refractivity contribution in [3.05, 3.63) is 108 Å². The Kier molecular flexibility index (Phi) is 12.5. The summed E-state index contributed by atoms with van der Waals surface area (Å²) in [6, 6.07) is 17.2. The van der Waals surface area contributed by atoms with Gasteiger partial charge in [-0.25, -0.2) is 34.7 Å². The first-order chi connectivity index (χ1) is 30.6. The third-order valence-electron chi connectivity index (χ3n) is 10.4. The van der Waals surface area contributed by atoms with Gasteiger partial charge in [-0.1, -0.05) is 47.9 Å². The number of carbonyl (C=O) groups excluding carboxylic acids is 4. The minimum Gasteiger partial charge on any atom is -0.461 e. The number of hydrogen-bond donors (Lipinski definition) is 3. The zero-order chi connectivity index (χ0) is 45.8. The summed E-state index contributed by atoms with van der Waals surface area (Å²) in [5, 5.41) is 21.0. The van der Waals surface area contributed by atoms with Gasteiger partial charge in [-0.3, -0.25) is 14.4 Å². The Morgan fingerprint density at radius 3 is 1.55 bits per heavy atom. The fourth-order valence-electron chi connectivity index (χ4n) is 6.82. The van der Waals surface area contributed by atoms with Crippen molar-refractivity contribution in [2.24, 2.45) is 19.8 Å². The number of primary amides is 1. The Labute approximate surface area is 367 Å². The highest BCUT2D eigenvalue weighted by atomic mass is 16.5. The summed E-state index contributed by atoms with van der Waals surface area (Å²) in [6.07, 6.45) is 7.07. The van der Waals surface area contributed by atoms with E-state index in [1.807, 2.05) is 14.1 Å². The van der Waals surface area contributed by atoms with E-state index in [1.54, 1.807) is 110 Å². The fourth-order valence-corrected chi connectivity index (χ4v) is 6.82. The van der Waals surface area contributed by atoms with Crippen molar-refractivity contribution in [3.63, 3.8) is 0 Å². The quantitative estimate of drug-likeness (QED) is 0.155. The number of aryl methyl sites for hydroxylation is 2. The third-order valence-corrected chi connectivity index (χ3v) is 10.4. The molecule has 4 aromatic heterocycles. The van der Waals surface area contributed by atoms with Crippen LogP contribution in [0.25, 0.3) is 45.6 Å². The summed E-state index contributed by atoms with van der Waals surface area (Å²) < 4.78 is 8.70. The number of aromatic nitrogens is 8. The lowest BCUT2D eigenvalue weighted by Crippen LogP contribution is -2.37. The van der Waals surface area contributed by atoms with Crippen LogP contribution in [0.2, 0.25) is 0 Å². The molecule has 18 nitrogen and oxygen atoms in total. The first kappa shape index (κ1) is 44.0. The molecule has 6 heterocycles. The molecule has 18 heteroatoms. The summed E-state index contributed by atoms with van der Waals surface area (Å²) in [5.41, 5.74) is 7.14. The molecule has 324 valence electrons. The second kappa shape index (κ2) is 18.1. The molecule has 8 rings (SSSR count). The zero-order valence-electron chi connectivity index (χ0n) is 35.6. The van der Waals surface area contributed by atoms with Gasteiger partial charge in [-0.15, -0.1) is 0 Å². The Morgan fingerprint density at radius 1 is 0.703 bits per heavy atom. The molecule has 2 fully saturated rings. The maximum absolute atomic E-state index is 12.4. The van der Waals surface area contributed by atoms with Crippen molar-refractivity contribution in [2.75, 3.05) is 33.8 Å². The molecular formula is C46H43N11O7. The van der Waals surface area contributed by atoms with Crippen LogP contribution in [0.1, 0.15) is 51.9 Å². The molecule has 3 amide bonds. The van der Waals surface area contributed by atoms with Gasteiger partial charge in [-0.05, 0) is 43.3 Å². The number of likely N-dealkylation sites (tertiary alicyclic amines) is 2. The van der Waals surface area contributed by atoms with E-state index in [4.69, 9.17) is 10.5 Å². The lowest BCUT2D eigenvalue weighted by atomic mass is 10.0. The maximum atomic E-state index is 12.4. The zero-order valence-corrected chi connectivity index (χ0v) is 35.6. The molecule has 4 N–H and O–H groups in total. The van der Waals surface area contributed by atoms with Crippen molar-refractivity contribution in [1.82, 2.24) is 48.8 Å². The SMILES string of the molecule is CCOC(=O)c1cc(-c2cncn2C)nc(-c2cccc(C#C[C@]3(O)CCN(C)C3=O)c2)n1.CN1CC[C@@](O)(C#Cc2cccc(-c3nc(C(N)=O)cc(-c4cncn4C)n3)c2)C1=O. The third kappa shape index (κ3) is 9.38. The molecule has 0 spiro atoms. The molecule has 2 saturated heterocycles. The number of aliphatic hydroxyl groups is 2. The van der Waals surface area contributed by atoms with Gasteiger partial charge in [0.15, 0.2) is 17.3 Å². The number of amides is 3. The number of carbonyl (C=O) groups is 4. The lowest BCUT2D eigenvalue weighted by Gasteiger charge is -2.13. The van der Waals surface area contributed by atoms with Crippen LogP contribution in [-0.2, 0) is 28.4 Å². The molecule has 0 radical (unpaired) electrons. The second-order valence-corrected chi connectivity index (χ2v) is 15.1. The van der Waals surface area contributed by atoms with Crippen molar-refractivity contribution >= 4 is 23.7 Å². The van der Waals surface area contributed by atoms with Crippen LogP contribution in [0, 0.1) is 23.7 Å². The summed E-state index contributed by atoms with van der Waals surface area (Å²) in [5.74, 6) is 9.74. The van der Waals surface area contributed by atoms with Crippen LogP contribution in [0.15, 0.2) is 85.7 Å². The molecular weight excluding hydrogens is 819 g/mol. The van der Waals surface area contributed by atoms with E-state index in [0.29, 0.717) is 69.8 Å². The van der Waals surface area contributed by atoms with Crippen LogP contribution >= 0.6 is 0 Å². The molecule has 0 unspecified atom stereocenters. The number of likely N-dealkylation sites (N-methyl/N-ethyl adjacent to an activating group) is 2. The highest BCUT2D eigenvalue weighted by molar-refractivity contribution is 5.93. The molecule has 2 aliphatic rings. The van der Waals surface area contributed by atoms with Crippen LogP contribution in [0.4, 0.5) is 0 Å². The van der Waals surface area contributed by atoms with Crippen molar-refractivity contribution in [3.8, 4) is 69.2 Å². The van der Waals surface area contributed by atoms with E-state index in [-0.39, 0.29) is 30.8 Å². The average molecular weight is 862 g/mol. The standard InChI is InChI=1S/C24H23N5O4.C22H20N6O3/c1-4-33-22(30)19-13-18(20-14-25-15-29(20)3)26-21(27-19)17-7-5-6-16(12-17)8-9-24(32)10-11-28(2)23(24)31;1-27-9-8-22(31,21(27)30)7-6-14-4-3-5-15(10-14)20-25-16(11-17(26-20)19(23)29)18-12-24-13-28(18)2/h5-7,12-15,32H,4,10-11H2,1-3H3;3-5,10-13,31H,8-9H2,1-2H3,(H2,23,29)/t24-;22-/m00/s1. The predicted molar refractivity (Wildman–Crippen MR) is 232 cm³/mol. The number of imidazole rings is 2. The summed E-state index contributed by atoms with van der Waals surface area (Å²) in [4.78, 5) is 77.5.